The van der Waals surface area contributed by atoms with Crippen molar-refractivity contribution in [3.8, 4) is 0 Å². The first-order valence-corrected chi connectivity index (χ1v) is 30.8. The number of quaternary nitrogens is 1. The fourth-order valence-corrected chi connectivity index (χ4v) is 9.08. The summed E-state index contributed by atoms with van der Waals surface area (Å²) in [5.41, 5.74) is 0. The number of carbonyl (C=O) groups is 2. The third-order valence-corrected chi connectivity index (χ3v) is 13.8. The maximum Gasteiger partial charge on any atom is 0.306 e. The van der Waals surface area contributed by atoms with Gasteiger partial charge in [-0.05, 0) is 51.4 Å². The molecular weight excluding hydrogens is 894 g/mol. The van der Waals surface area contributed by atoms with E-state index >= 15 is 0 Å². The molecule has 0 fully saturated rings. The molecule has 0 spiro atoms. The van der Waals surface area contributed by atoms with E-state index in [0.717, 1.165) is 70.6 Å². The maximum atomic E-state index is 12.8. The number of phosphoric acid groups is 1. The van der Waals surface area contributed by atoms with Crippen molar-refractivity contribution in [1.29, 1.82) is 0 Å². The van der Waals surface area contributed by atoms with Crippen molar-refractivity contribution in [3.63, 3.8) is 0 Å². The molecule has 2 unspecified atom stereocenters. The first kappa shape index (κ1) is 68.0. The van der Waals surface area contributed by atoms with Crippen molar-refractivity contribution in [2.75, 3.05) is 47.5 Å². The highest BCUT2D eigenvalue weighted by molar-refractivity contribution is 7.45. The number of carbonyl (C=O) groups excluding carboxylic acids is 2. The molecule has 0 aliphatic rings. The van der Waals surface area contributed by atoms with Crippen molar-refractivity contribution in [2.45, 2.75) is 277 Å². The third-order valence-electron chi connectivity index (χ3n) is 12.9. The predicted octanol–water partition coefficient (Wildman–Crippen LogP) is 17.5. The Bertz CT molecular complexity index is 1320. The molecule has 0 N–H and O–H groups in total. The summed E-state index contributed by atoms with van der Waals surface area (Å²) in [6, 6.07) is 0. The Morgan fingerprint density at radius 1 is 0.457 bits per heavy atom. The lowest BCUT2D eigenvalue weighted by Gasteiger charge is -2.28. The number of phosphoric ester groups is 1. The van der Waals surface area contributed by atoms with Gasteiger partial charge in [0.05, 0.1) is 27.7 Å². The Morgan fingerprint density at radius 2 is 0.814 bits per heavy atom. The average Bonchev–Trinajstić information content (AvgIpc) is 3.32. The standard InChI is InChI=1S/C60H112NO8P/c1-6-8-10-12-14-16-18-20-22-24-26-28-29-30-31-33-34-36-38-40-42-44-46-48-50-52-59(62)66-56-58(57-68-70(64,65)67-55-54-61(3,4)5)69-60(63)53-51-49-47-45-43-41-39-37-35-32-27-25-23-21-19-17-15-13-11-9-7-2/h9,11,15,17,21,23,27,32,58H,6-8,10,12-14,16,18-20,22,24-26,28-31,33-57H2,1-5H3/b11-9-,17-15-,23-21-,32-27-. The molecule has 2 atom stereocenters. The van der Waals surface area contributed by atoms with Crippen LogP contribution in [-0.4, -0.2) is 70.0 Å². The van der Waals surface area contributed by atoms with E-state index in [1.54, 1.807) is 0 Å². The minimum Gasteiger partial charge on any atom is -0.756 e. The maximum absolute atomic E-state index is 12.8. The molecule has 0 aromatic carbocycles. The molecule has 0 heterocycles. The molecule has 0 aromatic rings. The lowest BCUT2D eigenvalue weighted by atomic mass is 10.0. The smallest absolute Gasteiger partial charge is 0.306 e. The second kappa shape index (κ2) is 51.9. The summed E-state index contributed by atoms with van der Waals surface area (Å²) >= 11 is 0. The van der Waals surface area contributed by atoms with Gasteiger partial charge in [0, 0.05) is 12.8 Å². The topological polar surface area (TPSA) is 111 Å². The second-order valence-electron chi connectivity index (χ2n) is 21.0. The Hall–Kier alpha value is -2.03. The number of unbranched alkanes of at least 4 members (excludes halogenated alkanes) is 32. The number of ether oxygens (including phenoxy) is 2. The van der Waals surface area contributed by atoms with Crippen molar-refractivity contribution in [2.24, 2.45) is 0 Å². The van der Waals surface area contributed by atoms with E-state index in [0.29, 0.717) is 17.4 Å². The van der Waals surface area contributed by atoms with Crippen LogP contribution in [0.1, 0.15) is 271 Å². The summed E-state index contributed by atoms with van der Waals surface area (Å²) in [4.78, 5) is 37.9. The molecule has 410 valence electrons. The van der Waals surface area contributed by atoms with Gasteiger partial charge in [-0.2, -0.15) is 0 Å². The number of hydrogen-bond donors (Lipinski definition) is 0. The van der Waals surface area contributed by atoms with Gasteiger partial charge < -0.3 is 27.9 Å². The van der Waals surface area contributed by atoms with E-state index < -0.39 is 26.5 Å². The van der Waals surface area contributed by atoms with E-state index in [4.69, 9.17) is 18.5 Å². The van der Waals surface area contributed by atoms with Crippen molar-refractivity contribution >= 4 is 19.8 Å². The number of rotatable bonds is 54. The monoisotopic (exact) mass is 1010 g/mol. The molecule has 70 heavy (non-hydrogen) atoms. The molecule has 0 radical (unpaired) electrons. The van der Waals surface area contributed by atoms with Crippen LogP contribution in [0.2, 0.25) is 0 Å². The van der Waals surface area contributed by atoms with Crippen LogP contribution in [0.15, 0.2) is 48.6 Å². The van der Waals surface area contributed by atoms with Crippen LogP contribution in [0.4, 0.5) is 0 Å². The lowest BCUT2D eigenvalue weighted by molar-refractivity contribution is -0.870. The zero-order valence-corrected chi connectivity index (χ0v) is 47.4. The molecular formula is C60H112NO8P. The lowest BCUT2D eigenvalue weighted by Crippen LogP contribution is -2.37. The number of hydrogen-bond acceptors (Lipinski definition) is 8. The Balaban J connectivity index is 4.13. The highest BCUT2D eigenvalue weighted by atomic mass is 31.2. The highest BCUT2D eigenvalue weighted by Gasteiger charge is 2.22. The van der Waals surface area contributed by atoms with Gasteiger partial charge in [-0.15, -0.1) is 0 Å². The Labute approximate surface area is 433 Å². The molecule has 9 nitrogen and oxygen atoms in total. The minimum atomic E-state index is -4.64. The fraction of sp³-hybridized carbons (Fsp3) is 0.833. The molecule has 0 saturated heterocycles. The van der Waals surface area contributed by atoms with E-state index in [1.807, 2.05) is 21.1 Å². The van der Waals surface area contributed by atoms with Crippen LogP contribution >= 0.6 is 7.82 Å². The van der Waals surface area contributed by atoms with Gasteiger partial charge in [0.25, 0.3) is 7.82 Å². The quantitative estimate of drug-likeness (QED) is 0.0195. The van der Waals surface area contributed by atoms with E-state index in [-0.39, 0.29) is 32.0 Å². The molecule has 0 bridgehead atoms. The van der Waals surface area contributed by atoms with E-state index in [1.165, 1.54) is 167 Å². The van der Waals surface area contributed by atoms with Crippen LogP contribution in [0.3, 0.4) is 0 Å². The van der Waals surface area contributed by atoms with Crippen LogP contribution in [0.25, 0.3) is 0 Å². The highest BCUT2D eigenvalue weighted by Crippen LogP contribution is 2.38. The number of likely N-dealkylation sites (N-methyl/N-ethyl adjacent to an activating group) is 1. The van der Waals surface area contributed by atoms with E-state index in [9.17, 15) is 19.0 Å². The van der Waals surface area contributed by atoms with Crippen molar-refractivity contribution in [3.05, 3.63) is 48.6 Å². The van der Waals surface area contributed by atoms with Gasteiger partial charge in [0.2, 0.25) is 0 Å². The zero-order valence-electron chi connectivity index (χ0n) is 46.5. The van der Waals surface area contributed by atoms with Gasteiger partial charge in [-0.3, -0.25) is 14.2 Å². The largest absolute Gasteiger partial charge is 0.756 e. The summed E-state index contributed by atoms with van der Waals surface area (Å²) in [6.07, 6.45) is 64.4. The number of allylic oxidation sites excluding steroid dienone is 8. The molecule has 10 heteroatoms. The van der Waals surface area contributed by atoms with Gasteiger partial charge in [0.15, 0.2) is 6.10 Å². The Morgan fingerprint density at radius 3 is 1.21 bits per heavy atom. The van der Waals surface area contributed by atoms with Crippen molar-refractivity contribution in [1.82, 2.24) is 0 Å². The van der Waals surface area contributed by atoms with Crippen LogP contribution < -0.4 is 4.89 Å². The average molecular weight is 1010 g/mol. The van der Waals surface area contributed by atoms with Crippen LogP contribution in [-0.2, 0) is 32.7 Å². The SMILES string of the molecule is CC/C=C\C/C=C\C/C=C\C/C=C\CCCCCCCCCCC(=O)OC(COC(=O)CCCCCCCCCCCCCCCCCCCCCCCCCCC)COP(=O)([O-])OCC[N+](C)(C)C. The first-order valence-electron chi connectivity index (χ1n) is 29.3. The molecule has 0 aliphatic heterocycles. The molecule has 0 amide bonds. The molecule has 0 aromatic heterocycles. The summed E-state index contributed by atoms with van der Waals surface area (Å²) in [5.74, 6) is -0.832. The molecule has 0 aliphatic carbocycles. The summed E-state index contributed by atoms with van der Waals surface area (Å²) < 4.78 is 34.2. The summed E-state index contributed by atoms with van der Waals surface area (Å²) in [6.45, 7) is 4.16. The van der Waals surface area contributed by atoms with Gasteiger partial charge in [0.1, 0.15) is 19.8 Å². The molecule has 0 rings (SSSR count). The number of esters is 2. The number of nitrogens with zero attached hydrogens (tertiary/aromatic N) is 1. The summed E-state index contributed by atoms with van der Waals surface area (Å²) in [7, 11) is 1.17. The van der Waals surface area contributed by atoms with Gasteiger partial charge >= 0.3 is 11.9 Å². The van der Waals surface area contributed by atoms with E-state index in [2.05, 4.69) is 62.5 Å². The third kappa shape index (κ3) is 55.3. The van der Waals surface area contributed by atoms with Gasteiger partial charge in [-0.25, -0.2) is 0 Å². The first-order chi connectivity index (χ1) is 34.0. The Kier molecular flexibility index (Phi) is 50.4. The van der Waals surface area contributed by atoms with Crippen LogP contribution in [0.5, 0.6) is 0 Å². The van der Waals surface area contributed by atoms with Gasteiger partial charge in [-0.1, -0.05) is 255 Å². The minimum absolute atomic E-state index is 0.0324. The second-order valence-corrected chi connectivity index (χ2v) is 22.4. The molecule has 0 saturated carbocycles. The fourth-order valence-electron chi connectivity index (χ4n) is 8.36. The normalized spacial score (nSPS) is 13.6. The summed E-state index contributed by atoms with van der Waals surface area (Å²) in [5, 5.41) is 0. The zero-order chi connectivity index (χ0) is 51.3. The predicted molar refractivity (Wildman–Crippen MR) is 296 cm³/mol. The van der Waals surface area contributed by atoms with Crippen LogP contribution in [0, 0.1) is 0 Å². The van der Waals surface area contributed by atoms with Crippen molar-refractivity contribution < 1.29 is 42.1 Å².